The van der Waals surface area contributed by atoms with Crippen LogP contribution < -0.4 is 20.1 Å². The fraction of sp³-hybridized carbons (Fsp3) is 0.308. The molecule has 3 N–H and O–H groups in total. The predicted molar refractivity (Wildman–Crippen MR) is 137 cm³/mol. The first-order valence-corrected chi connectivity index (χ1v) is 11.4. The van der Waals surface area contributed by atoms with Gasteiger partial charge in [-0.1, -0.05) is 0 Å². The summed E-state index contributed by atoms with van der Waals surface area (Å²) < 4.78 is 11.4. The number of ketones is 1. The first-order valence-electron chi connectivity index (χ1n) is 11.4. The molecule has 0 atom stereocenters. The third kappa shape index (κ3) is 5.31. The van der Waals surface area contributed by atoms with Gasteiger partial charge in [-0.3, -0.25) is 9.69 Å². The summed E-state index contributed by atoms with van der Waals surface area (Å²) in [4.78, 5) is 32.8. The number of nitrogens with one attached hydrogen (secondary N) is 3. The van der Waals surface area contributed by atoms with E-state index in [9.17, 15) is 9.59 Å². The highest BCUT2D eigenvalue weighted by Gasteiger charge is 2.29. The lowest BCUT2D eigenvalue weighted by atomic mass is 10.1. The number of Topliss-reactive ketones (excluding diaryl/α,β-unsaturated/α-hetero) is 1. The van der Waals surface area contributed by atoms with Crippen LogP contribution >= 0.6 is 0 Å². The van der Waals surface area contributed by atoms with Crippen LogP contribution in [0.2, 0.25) is 0 Å². The summed E-state index contributed by atoms with van der Waals surface area (Å²) in [5.41, 5.74) is 3.74. The van der Waals surface area contributed by atoms with Gasteiger partial charge in [0.2, 0.25) is 5.78 Å². The van der Waals surface area contributed by atoms with Gasteiger partial charge in [-0.2, -0.15) is 0 Å². The lowest BCUT2D eigenvalue weighted by Gasteiger charge is -2.19. The van der Waals surface area contributed by atoms with Gasteiger partial charge in [0, 0.05) is 54.5 Å². The third-order valence-electron chi connectivity index (χ3n) is 5.91. The Morgan fingerprint density at radius 2 is 1.94 bits per heavy atom. The van der Waals surface area contributed by atoms with Crippen LogP contribution in [-0.2, 0) is 6.54 Å². The Morgan fingerprint density at radius 1 is 1.14 bits per heavy atom. The highest BCUT2D eigenvalue weighted by molar-refractivity contribution is 6.16. The number of aromatic nitrogens is 1. The Hall–Kier alpha value is -3.82. The monoisotopic (exact) mass is 477 g/mol. The van der Waals surface area contributed by atoms with Crippen molar-refractivity contribution in [2.75, 3.05) is 53.7 Å². The molecular weight excluding hydrogens is 446 g/mol. The van der Waals surface area contributed by atoms with Crippen LogP contribution in [0.5, 0.6) is 11.5 Å². The molecule has 1 aliphatic heterocycles. The van der Waals surface area contributed by atoms with Crippen molar-refractivity contribution in [1.29, 1.82) is 0 Å². The van der Waals surface area contributed by atoms with E-state index in [-0.39, 0.29) is 17.6 Å². The topological polar surface area (TPSA) is 98.9 Å². The third-order valence-corrected chi connectivity index (χ3v) is 5.91. The molecular formula is C26H31N5O4. The van der Waals surface area contributed by atoms with E-state index >= 15 is 0 Å². The summed E-state index contributed by atoms with van der Waals surface area (Å²) in [7, 11) is 9.33. The Morgan fingerprint density at radius 3 is 2.66 bits per heavy atom. The molecule has 0 bridgehead atoms. The maximum Gasteiger partial charge on any atom is 0.318 e. The minimum absolute atomic E-state index is 0.232. The van der Waals surface area contributed by atoms with Crippen LogP contribution in [0.1, 0.15) is 21.6 Å². The molecule has 1 aliphatic rings. The second kappa shape index (κ2) is 10.2. The van der Waals surface area contributed by atoms with Crippen molar-refractivity contribution in [2.24, 2.45) is 0 Å². The van der Waals surface area contributed by atoms with Crippen molar-refractivity contribution < 1.29 is 19.1 Å². The number of H-pyrrole nitrogens is 1. The number of hydrogen-bond acceptors (Lipinski definition) is 6. The first-order chi connectivity index (χ1) is 16.8. The largest absolute Gasteiger partial charge is 0.497 e. The number of urea groups is 1. The average molecular weight is 478 g/mol. The molecule has 0 spiro atoms. The quantitative estimate of drug-likeness (QED) is 0.429. The number of ether oxygens (including phenoxy) is 2. The van der Waals surface area contributed by atoms with E-state index < -0.39 is 0 Å². The van der Waals surface area contributed by atoms with E-state index in [1.165, 1.54) is 7.05 Å². The van der Waals surface area contributed by atoms with Gasteiger partial charge in [-0.25, -0.2) is 4.79 Å². The zero-order chi connectivity index (χ0) is 25.1. The lowest BCUT2D eigenvalue weighted by molar-refractivity contribution is 0.101. The van der Waals surface area contributed by atoms with E-state index in [1.54, 1.807) is 31.4 Å². The molecule has 0 aliphatic carbocycles. The molecule has 4 rings (SSSR count). The van der Waals surface area contributed by atoms with Gasteiger partial charge in [-0.05, 0) is 63.6 Å². The van der Waals surface area contributed by atoms with Crippen molar-refractivity contribution in [3.63, 3.8) is 0 Å². The highest BCUT2D eigenvalue weighted by atomic mass is 16.5. The number of amides is 2. The van der Waals surface area contributed by atoms with Gasteiger partial charge in [0.15, 0.2) is 5.76 Å². The van der Waals surface area contributed by atoms with E-state index in [1.807, 2.05) is 18.2 Å². The molecule has 1 aromatic heterocycles. The number of likely N-dealkylation sites (N-methyl/N-ethyl adjacent to an activating group) is 2. The van der Waals surface area contributed by atoms with Crippen LogP contribution in [0.4, 0.5) is 10.5 Å². The van der Waals surface area contributed by atoms with Gasteiger partial charge in [0.25, 0.3) is 0 Å². The lowest BCUT2D eigenvalue weighted by Crippen LogP contribution is -2.28. The van der Waals surface area contributed by atoms with Gasteiger partial charge < -0.3 is 30.0 Å². The van der Waals surface area contributed by atoms with E-state index in [2.05, 4.69) is 46.6 Å². The van der Waals surface area contributed by atoms with Crippen LogP contribution in [0.25, 0.3) is 17.0 Å². The fourth-order valence-corrected chi connectivity index (χ4v) is 3.98. The van der Waals surface area contributed by atoms with Crippen LogP contribution in [0.3, 0.4) is 0 Å². The number of carbonyl (C=O) groups excluding carboxylic acids is 2. The Bertz CT molecular complexity index is 1290. The number of fused-ring (bicyclic) bond motifs is 2. The minimum atomic E-state index is -0.358. The second-order valence-corrected chi connectivity index (χ2v) is 8.82. The van der Waals surface area contributed by atoms with Crippen LogP contribution in [-0.4, -0.2) is 75.0 Å². The maximum absolute atomic E-state index is 13.2. The number of rotatable bonds is 8. The van der Waals surface area contributed by atoms with Gasteiger partial charge >= 0.3 is 6.03 Å². The molecule has 0 saturated carbocycles. The van der Waals surface area contributed by atoms with Crippen molar-refractivity contribution in [2.45, 2.75) is 6.54 Å². The van der Waals surface area contributed by atoms with Gasteiger partial charge in [-0.15, -0.1) is 0 Å². The fourth-order valence-electron chi connectivity index (χ4n) is 3.98. The average Bonchev–Trinajstić information content (AvgIpc) is 3.34. The molecule has 9 heteroatoms. The number of benzene rings is 2. The number of anilines is 1. The van der Waals surface area contributed by atoms with Gasteiger partial charge in [0.1, 0.15) is 11.5 Å². The summed E-state index contributed by atoms with van der Waals surface area (Å²) in [5, 5.41) is 6.13. The molecule has 0 fully saturated rings. The van der Waals surface area contributed by atoms with Crippen molar-refractivity contribution >= 4 is 34.5 Å². The number of aromatic amines is 1. The number of carbonyl (C=O) groups is 2. The number of methoxy groups -OCH3 is 1. The van der Waals surface area contributed by atoms with Gasteiger partial charge in [0.05, 0.1) is 12.7 Å². The smallest absolute Gasteiger partial charge is 0.318 e. The summed E-state index contributed by atoms with van der Waals surface area (Å²) in [6.45, 7) is 2.50. The Kier molecular flexibility index (Phi) is 7.09. The highest BCUT2D eigenvalue weighted by Crippen LogP contribution is 2.36. The number of allylic oxidation sites excluding steroid dienone is 1. The second-order valence-electron chi connectivity index (χ2n) is 8.82. The molecule has 2 amide bonds. The normalized spacial score (nSPS) is 14.0. The Labute approximate surface area is 204 Å². The zero-order valence-electron chi connectivity index (χ0n) is 20.7. The molecule has 0 radical (unpaired) electrons. The summed E-state index contributed by atoms with van der Waals surface area (Å²) >= 11 is 0. The molecule has 9 nitrogen and oxygen atoms in total. The standard InChI is InChI=1S/C26H31N5O4/c1-27-26(33)28-16-6-9-23-20(12-16)25(32)24(35-23)14-19-18-13-17(34-5)7-8-21(18)29-22(19)15-31(4)11-10-30(2)3/h6-9,12-14,29H,10-11,15H2,1-5H3,(H2,27,28,33)/b24-14-. The number of hydrogen-bond donors (Lipinski definition) is 3. The van der Waals surface area contributed by atoms with Crippen LogP contribution in [0.15, 0.2) is 42.2 Å². The van der Waals surface area contributed by atoms with E-state index in [0.29, 0.717) is 23.5 Å². The summed E-state index contributed by atoms with van der Waals surface area (Å²) in [6, 6.07) is 10.5. The predicted octanol–water partition coefficient (Wildman–Crippen LogP) is 3.54. The van der Waals surface area contributed by atoms with E-state index in [4.69, 9.17) is 9.47 Å². The maximum atomic E-state index is 13.2. The molecule has 0 saturated heterocycles. The summed E-state index contributed by atoms with van der Waals surface area (Å²) in [5.74, 6) is 1.20. The van der Waals surface area contributed by atoms with Crippen molar-refractivity contribution in [3.8, 4) is 11.5 Å². The molecule has 184 valence electrons. The van der Waals surface area contributed by atoms with Crippen molar-refractivity contribution in [1.82, 2.24) is 20.1 Å². The number of nitrogens with zero attached hydrogens (tertiary/aromatic N) is 2. The zero-order valence-corrected chi connectivity index (χ0v) is 20.7. The first kappa shape index (κ1) is 24.3. The molecule has 2 heterocycles. The SMILES string of the molecule is CNC(=O)Nc1ccc2c(c1)C(=O)/C(=C/c1c(CN(C)CCN(C)C)[nH]c3ccc(OC)cc13)O2. The molecule has 3 aromatic rings. The molecule has 2 aromatic carbocycles. The van der Waals surface area contributed by atoms with E-state index in [0.717, 1.165) is 41.0 Å². The van der Waals surface area contributed by atoms with Crippen molar-refractivity contribution in [3.05, 3.63) is 59.0 Å². The molecule has 35 heavy (non-hydrogen) atoms. The summed E-state index contributed by atoms with van der Waals surface area (Å²) in [6.07, 6.45) is 1.79. The minimum Gasteiger partial charge on any atom is -0.497 e. The Balaban J connectivity index is 1.70. The van der Waals surface area contributed by atoms with Crippen LogP contribution in [0, 0.1) is 0 Å². The molecule has 0 unspecified atom stereocenters.